The third-order valence-electron chi connectivity index (χ3n) is 2.92. The van der Waals surface area contributed by atoms with Gasteiger partial charge in [-0.2, -0.15) is 0 Å². The first-order valence-corrected chi connectivity index (χ1v) is 7.25. The number of halogens is 1. The first-order valence-electron chi connectivity index (χ1n) is 7.25. The Balaban J connectivity index is 2.46. The van der Waals surface area contributed by atoms with Crippen LogP contribution in [0.2, 0.25) is 0 Å². The van der Waals surface area contributed by atoms with Crippen molar-refractivity contribution in [3.63, 3.8) is 0 Å². The SMILES string of the molecule is CCOc1ncnc(C)c1-c1ccc(OC(C)(C)C)cc1F. The Bertz CT molecular complexity index is 666. The minimum atomic E-state index is -0.388. The van der Waals surface area contributed by atoms with Crippen LogP contribution < -0.4 is 9.47 Å². The first-order chi connectivity index (χ1) is 10.3. The summed E-state index contributed by atoms with van der Waals surface area (Å²) in [5.41, 5.74) is 1.27. The normalized spacial score (nSPS) is 11.4. The zero-order valence-corrected chi connectivity index (χ0v) is 13.6. The van der Waals surface area contributed by atoms with Crippen molar-refractivity contribution in [1.82, 2.24) is 9.97 Å². The molecule has 0 saturated carbocycles. The Kier molecular flexibility index (Phi) is 4.64. The van der Waals surface area contributed by atoms with E-state index in [0.717, 1.165) is 0 Å². The van der Waals surface area contributed by atoms with Crippen molar-refractivity contribution in [3.05, 3.63) is 36.0 Å². The van der Waals surface area contributed by atoms with E-state index in [1.807, 2.05) is 27.7 Å². The number of benzene rings is 1. The highest BCUT2D eigenvalue weighted by atomic mass is 19.1. The van der Waals surface area contributed by atoms with Crippen LogP contribution in [0.3, 0.4) is 0 Å². The van der Waals surface area contributed by atoms with Crippen molar-refractivity contribution in [2.75, 3.05) is 6.61 Å². The average molecular weight is 304 g/mol. The topological polar surface area (TPSA) is 44.2 Å². The molecular weight excluding hydrogens is 283 g/mol. The fourth-order valence-corrected chi connectivity index (χ4v) is 2.12. The fourth-order valence-electron chi connectivity index (χ4n) is 2.12. The highest BCUT2D eigenvalue weighted by molar-refractivity contribution is 5.71. The third kappa shape index (κ3) is 3.72. The number of hydrogen-bond acceptors (Lipinski definition) is 4. The maximum absolute atomic E-state index is 14.5. The zero-order chi connectivity index (χ0) is 16.3. The van der Waals surface area contributed by atoms with E-state index in [0.29, 0.717) is 35.1 Å². The Labute approximate surface area is 130 Å². The molecular formula is C17H21FN2O2. The summed E-state index contributed by atoms with van der Waals surface area (Å²) in [5, 5.41) is 0. The highest BCUT2D eigenvalue weighted by Crippen LogP contribution is 2.34. The number of rotatable bonds is 4. The van der Waals surface area contributed by atoms with Crippen molar-refractivity contribution < 1.29 is 13.9 Å². The summed E-state index contributed by atoms with van der Waals surface area (Å²) in [6, 6.07) is 4.79. The number of nitrogens with zero attached hydrogens (tertiary/aromatic N) is 2. The lowest BCUT2D eigenvalue weighted by molar-refractivity contribution is 0.130. The molecule has 1 aromatic heterocycles. The van der Waals surface area contributed by atoms with Crippen LogP contribution in [-0.4, -0.2) is 22.2 Å². The van der Waals surface area contributed by atoms with E-state index in [2.05, 4.69) is 9.97 Å². The predicted octanol–water partition coefficient (Wildman–Crippen LogP) is 4.17. The van der Waals surface area contributed by atoms with Gasteiger partial charge in [-0.1, -0.05) is 0 Å². The van der Waals surface area contributed by atoms with E-state index < -0.39 is 0 Å². The largest absolute Gasteiger partial charge is 0.488 e. The number of aryl methyl sites for hydroxylation is 1. The minimum Gasteiger partial charge on any atom is -0.488 e. The van der Waals surface area contributed by atoms with E-state index in [1.165, 1.54) is 12.4 Å². The summed E-state index contributed by atoms with van der Waals surface area (Å²) in [6.45, 7) is 9.87. The van der Waals surface area contributed by atoms with Gasteiger partial charge in [0.1, 0.15) is 23.5 Å². The van der Waals surface area contributed by atoms with Crippen LogP contribution in [0.5, 0.6) is 11.6 Å². The van der Waals surface area contributed by atoms with Gasteiger partial charge in [-0.3, -0.25) is 0 Å². The molecule has 4 nitrogen and oxygen atoms in total. The van der Waals surface area contributed by atoms with Gasteiger partial charge in [0.2, 0.25) is 5.88 Å². The number of hydrogen-bond donors (Lipinski definition) is 0. The summed E-state index contributed by atoms with van der Waals surface area (Å²) in [5.74, 6) is 0.486. The average Bonchev–Trinajstić information content (AvgIpc) is 2.39. The summed E-state index contributed by atoms with van der Waals surface area (Å²) in [7, 11) is 0. The molecule has 0 bridgehead atoms. The third-order valence-corrected chi connectivity index (χ3v) is 2.92. The highest BCUT2D eigenvalue weighted by Gasteiger charge is 2.18. The maximum atomic E-state index is 14.5. The molecule has 0 aliphatic heterocycles. The van der Waals surface area contributed by atoms with Gasteiger partial charge in [-0.25, -0.2) is 14.4 Å². The number of aromatic nitrogens is 2. The van der Waals surface area contributed by atoms with E-state index >= 15 is 0 Å². The molecule has 0 aliphatic rings. The van der Waals surface area contributed by atoms with Crippen molar-refractivity contribution >= 4 is 0 Å². The van der Waals surface area contributed by atoms with E-state index in [-0.39, 0.29) is 11.4 Å². The Morgan fingerprint density at radius 2 is 1.91 bits per heavy atom. The molecule has 118 valence electrons. The lowest BCUT2D eigenvalue weighted by atomic mass is 10.0. The van der Waals surface area contributed by atoms with Crippen LogP contribution in [-0.2, 0) is 0 Å². The summed E-state index contributed by atoms with van der Waals surface area (Å²) in [4.78, 5) is 8.23. The van der Waals surface area contributed by atoms with Crippen molar-refractivity contribution in [3.8, 4) is 22.8 Å². The van der Waals surface area contributed by atoms with Gasteiger partial charge >= 0.3 is 0 Å². The van der Waals surface area contributed by atoms with Gasteiger partial charge in [0, 0.05) is 11.6 Å². The standard InChI is InChI=1S/C17H21FN2O2/c1-6-21-16-15(11(2)19-10-20-16)13-8-7-12(9-14(13)18)22-17(3,4)5/h7-10H,6H2,1-5H3. The van der Waals surface area contributed by atoms with Crippen LogP contribution in [0.25, 0.3) is 11.1 Å². The van der Waals surface area contributed by atoms with Gasteiger partial charge in [0.15, 0.2) is 0 Å². The van der Waals surface area contributed by atoms with Gasteiger partial charge in [-0.15, -0.1) is 0 Å². The predicted molar refractivity (Wildman–Crippen MR) is 83.7 cm³/mol. The quantitative estimate of drug-likeness (QED) is 0.850. The van der Waals surface area contributed by atoms with Crippen LogP contribution in [0.4, 0.5) is 4.39 Å². The van der Waals surface area contributed by atoms with Crippen molar-refractivity contribution in [2.45, 2.75) is 40.2 Å². The molecule has 0 unspecified atom stereocenters. The Hall–Kier alpha value is -2.17. The summed E-state index contributed by atoms with van der Waals surface area (Å²) in [6.07, 6.45) is 1.42. The molecule has 2 aromatic rings. The molecule has 0 spiro atoms. The molecule has 0 N–H and O–H groups in total. The molecule has 0 atom stereocenters. The molecule has 0 aliphatic carbocycles. The van der Waals surface area contributed by atoms with Crippen LogP contribution in [0.15, 0.2) is 24.5 Å². The zero-order valence-electron chi connectivity index (χ0n) is 13.6. The van der Waals surface area contributed by atoms with E-state index in [1.54, 1.807) is 19.1 Å². The maximum Gasteiger partial charge on any atom is 0.224 e. The lowest BCUT2D eigenvalue weighted by Crippen LogP contribution is -2.23. The Morgan fingerprint density at radius 1 is 1.18 bits per heavy atom. The fraction of sp³-hybridized carbons (Fsp3) is 0.412. The summed E-state index contributed by atoms with van der Waals surface area (Å²) < 4.78 is 25.7. The van der Waals surface area contributed by atoms with Gasteiger partial charge in [0.25, 0.3) is 0 Å². The van der Waals surface area contributed by atoms with Gasteiger partial charge in [0.05, 0.1) is 17.9 Å². The van der Waals surface area contributed by atoms with Crippen molar-refractivity contribution in [2.24, 2.45) is 0 Å². The van der Waals surface area contributed by atoms with Crippen LogP contribution in [0, 0.1) is 12.7 Å². The second-order valence-electron chi connectivity index (χ2n) is 5.93. The minimum absolute atomic E-state index is 0.379. The molecule has 22 heavy (non-hydrogen) atoms. The molecule has 2 rings (SSSR count). The monoisotopic (exact) mass is 304 g/mol. The molecule has 0 fully saturated rings. The van der Waals surface area contributed by atoms with E-state index in [9.17, 15) is 4.39 Å². The second-order valence-corrected chi connectivity index (χ2v) is 5.93. The molecule has 1 aromatic carbocycles. The van der Waals surface area contributed by atoms with Gasteiger partial charge in [-0.05, 0) is 46.8 Å². The second kappa shape index (κ2) is 6.30. The van der Waals surface area contributed by atoms with Crippen LogP contribution >= 0.6 is 0 Å². The first kappa shape index (κ1) is 16.2. The molecule has 0 radical (unpaired) electrons. The molecule has 0 saturated heterocycles. The number of ether oxygens (including phenoxy) is 2. The van der Waals surface area contributed by atoms with E-state index in [4.69, 9.17) is 9.47 Å². The van der Waals surface area contributed by atoms with Crippen molar-refractivity contribution in [1.29, 1.82) is 0 Å². The molecule has 5 heteroatoms. The Morgan fingerprint density at radius 3 is 2.50 bits per heavy atom. The molecule has 1 heterocycles. The lowest BCUT2D eigenvalue weighted by Gasteiger charge is -2.21. The molecule has 0 amide bonds. The van der Waals surface area contributed by atoms with Crippen LogP contribution in [0.1, 0.15) is 33.4 Å². The summed E-state index contributed by atoms with van der Waals surface area (Å²) >= 11 is 0. The smallest absolute Gasteiger partial charge is 0.224 e. The van der Waals surface area contributed by atoms with Gasteiger partial charge < -0.3 is 9.47 Å².